The molecule has 1 heterocycles. The van der Waals surface area contributed by atoms with Crippen LogP contribution in [0.15, 0.2) is 66.7 Å². The molecular weight excluding hydrogens is 309 g/mol. The fourth-order valence-corrected chi connectivity index (χ4v) is 2.21. The Morgan fingerprint density at radius 3 is 2.38 bits per heavy atom. The fraction of sp³-hybridized carbons (Fsp3) is 0.0526. The third kappa shape index (κ3) is 3.57. The van der Waals surface area contributed by atoms with Crippen LogP contribution >= 0.6 is 0 Å². The molecule has 0 aliphatic rings. The third-order valence-corrected chi connectivity index (χ3v) is 3.44. The first-order chi connectivity index (χ1) is 11.6. The van der Waals surface area contributed by atoms with Crippen LogP contribution in [0, 0.1) is 5.82 Å². The zero-order valence-electron chi connectivity index (χ0n) is 12.6. The Morgan fingerprint density at radius 1 is 1.00 bits per heavy atom. The van der Waals surface area contributed by atoms with E-state index in [0.29, 0.717) is 17.9 Å². The van der Waals surface area contributed by atoms with Gasteiger partial charge in [0.15, 0.2) is 0 Å². The van der Waals surface area contributed by atoms with E-state index in [0.717, 1.165) is 17.7 Å². The summed E-state index contributed by atoms with van der Waals surface area (Å²) in [7, 11) is 0. The number of pyridine rings is 1. The molecule has 0 aliphatic carbocycles. The van der Waals surface area contributed by atoms with E-state index < -0.39 is 11.8 Å². The van der Waals surface area contributed by atoms with E-state index >= 15 is 0 Å². The van der Waals surface area contributed by atoms with Crippen LogP contribution in [0.5, 0.6) is 5.75 Å². The highest BCUT2D eigenvalue weighted by molar-refractivity contribution is 5.86. The van der Waals surface area contributed by atoms with E-state index in [1.165, 1.54) is 0 Å². The summed E-state index contributed by atoms with van der Waals surface area (Å²) in [6.07, 6.45) is 0. The van der Waals surface area contributed by atoms with Crippen LogP contribution in [0.2, 0.25) is 0 Å². The molecule has 0 saturated carbocycles. The van der Waals surface area contributed by atoms with Crippen molar-refractivity contribution in [2.75, 3.05) is 0 Å². The fourth-order valence-electron chi connectivity index (χ4n) is 2.21. The van der Waals surface area contributed by atoms with Crippen molar-refractivity contribution in [1.29, 1.82) is 0 Å². The summed E-state index contributed by atoms with van der Waals surface area (Å²) in [6, 6.07) is 18.7. The van der Waals surface area contributed by atoms with E-state index in [1.807, 2.05) is 30.3 Å². The lowest BCUT2D eigenvalue weighted by molar-refractivity contribution is 0.0690. The normalized spacial score (nSPS) is 10.4. The van der Waals surface area contributed by atoms with E-state index in [2.05, 4.69) is 4.98 Å². The molecule has 0 radical (unpaired) electrons. The van der Waals surface area contributed by atoms with Crippen LogP contribution in [0.4, 0.5) is 4.39 Å². The quantitative estimate of drug-likeness (QED) is 0.766. The maximum Gasteiger partial charge on any atom is 0.354 e. The smallest absolute Gasteiger partial charge is 0.354 e. The minimum atomic E-state index is -1.20. The molecule has 0 fully saturated rings. The van der Waals surface area contributed by atoms with Gasteiger partial charge in [-0.1, -0.05) is 30.3 Å². The molecule has 0 atom stereocenters. The summed E-state index contributed by atoms with van der Waals surface area (Å²) in [5.74, 6) is -1.13. The highest BCUT2D eigenvalue weighted by Crippen LogP contribution is 2.24. The van der Waals surface area contributed by atoms with Gasteiger partial charge in [0.1, 0.15) is 29.6 Å². The Kier molecular flexibility index (Phi) is 4.52. The topological polar surface area (TPSA) is 59.4 Å². The molecule has 0 amide bonds. The number of hydrogen-bond acceptors (Lipinski definition) is 3. The number of halogens is 1. The number of hydrogen-bond donors (Lipinski definition) is 1. The predicted molar refractivity (Wildman–Crippen MR) is 87.4 cm³/mol. The lowest BCUT2D eigenvalue weighted by Crippen LogP contribution is -2.02. The number of rotatable bonds is 5. The van der Waals surface area contributed by atoms with Crippen LogP contribution in [-0.2, 0) is 6.61 Å². The van der Waals surface area contributed by atoms with Crippen molar-refractivity contribution in [3.63, 3.8) is 0 Å². The summed E-state index contributed by atoms with van der Waals surface area (Å²) in [6.45, 7) is 0.432. The van der Waals surface area contributed by atoms with Crippen molar-refractivity contribution in [1.82, 2.24) is 4.98 Å². The van der Waals surface area contributed by atoms with Gasteiger partial charge in [-0.15, -0.1) is 0 Å². The molecule has 0 bridgehead atoms. The average molecular weight is 323 g/mol. The zero-order valence-corrected chi connectivity index (χ0v) is 12.6. The van der Waals surface area contributed by atoms with Crippen LogP contribution in [0.1, 0.15) is 16.1 Å². The van der Waals surface area contributed by atoms with Crippen LogP contribution in [0.25, 0.3) is 11.3 Å². The van der Waals surface area contributed by atoms with Crippen molar-refractivity contribution in [2.24, 2.45) is 0 Å². The van der Waals surface area contributed by atoms with Gasteiger partial charge in [-0.05, 0) is 42.0 Å². The van der Waals surface area contributed by atoms with Gasteiger partial charge in [0.2, 0.25) is 0 Å². The minimum absolute atomic E-state index is 0.00418. The molecular formula is C19H14FNO3. The van der Waals surface area contributed by atoms with Crippen molar-refractivity contribution in [3.8, 4) is 17.0 Å². The van der Waals surface area contributed by atoms with Crippen molar-refractivity contribution < 1.29 is 19.0 Å². The van der Waals surface area contributed by atoms with Crippen LogP contribution < -0.4 is 4.74 Å². The molecule has 4 nitrogen and oxygen atoms in total. The Labute approximate surface area is 138 Å². The molecule has 3 aromatic rings. The third-order valence-electron chi connectivity index (χ3n) is 3.44. The van der Waals surface area contributed by atoms with Gasteiger partial charge in [0.05, 0.1) is 0 Å². The number of aromatic carboxylic acids is 1. The molecule has 0 spiro atoms. The van der Waals surface area contributed by atoms with Gasteiger partial charge >= 0.3 is 5.97 Å². The number of benzene rings is 2. The van der Waals surface area contributed by atoms with Crippen LogP contribution in [-0.4, -0.2) is 16.1 Å². The lowest BCUT2D eigenvalue weighted by atomic mass is 10.1. The van der Waals surface area contributed by atoms with Gasteiger partial charge in [0, 0.05) is 5.56 Å². The molecule has 120 valence electrons. The summed E-state index contributed by atoms with van der Waals surface area (Å²) in [5, 5.41) is 8.96. The number of carboxylic acid groups (broad SMARTS) is 1. The van der Waals surface area contributed by atoms with E-state index in [9.17, 15) is 9.18 Å². The zero-order chi connectivity index (χ0) is 16.9. The standard InChI is InChI=1S/C19H14FNO3/c20-16-10-11-17(19(22)23)21-18(16)14-6-8-15(9-7-14)24-12-13-4-2-1-3-5-13/h1-11H,12H2,(H,22,23). The van der Waals surface area contributed by atoms with E-state index in [4.69, 9.17) is 9.84 Å². The average Bonchev–Trinajstić information content (AvgIpc) is 2.61. The first-order valence-electron chi connectivity index (χ1n) is 7.30. The summed E-state index contributed by atoms with van der Waals surface area (Å²) in [4.78, 5) is 14.8. The molecule has 5 heteroatoms. The Bertz CT molecular complexity index is 848. The van der Waals surface area contributed by atoms with Gasteiger partial charge in [0.25, 0.3) is 0 Å². The van der Waals surface area contributed by atoms with Gasteiger partial charge in [-0.25, -0.2) is 14.2 Å². The first kappa shape index (κ1) is 15.7. The second-order valence-electron chi connectivity index (χ2n) is 5.13. The highest BCUT2D eigenvalue weighted by Gasteiger charge is 2.12. The second-order valence-corrected chi connectivity index (χ2v) is 5.13. The number of ether oxygens (including phenoxy) is 1. The molecule has 0 unspecified atom stereocenters. The largest absolute Gasteiger partial charge is 0.489 e. The van der Waals surface area contributed by atoms with Crippen molar-refractivity contribution in [3.05, 3.63) is 83.8 Å². The van der Waals surface area contributed by atoms with Gasteiger partial charge < -0.3 is 9.84 Å². The minimum Gasteiger partial charge on any atom is -0.489 e. The first-order valence-corrected chi connectivity index (χ1v) is 7.30. The van der Waals surface area contributed by atoms with Crippen LogP contribution in [0.3, 0.4) is 0 Å². The summed E-state index contributed by atoms with van der Waals surface area (Å²) in [5.41, 5.74) is 1.34. The Balaban J connectivity index is 1.77. The molecule has 24 heavy (non-hydrogen) atoms. The number of carbonyl (C=O) groups is 1. The summed E-state index contributed by atoms with van der Waals surface area (Å²) < 4.78 is 19.6. The predicted octanol–water partition coefficient (Wildman–Crippen LogP) is 4.16. The monoisotopic (exact) mass is 323 g/mol. The Morgan fingerprint density at radius 2 is 1.71 bits per heavy atom. The molecule has 1 aromatic heterocycles. The Hall–Kier alpha value is -3.21. The molecule has 2 aromatic carbocycles. The highest BCUT2D eigenvalue weighted by atomic mass is 19.1. The molecule has 0 aliphatic heterocycles. The SMILES string of the molecule is O=C(O)c1ccc(F)c(-c2ccc(OCc3ccccc3)cc2)n1. The second kappa shape index (κ2) is 6.91. The molecule has 3 rings (SSSR count). The van der Waals surface area contributed by atoms with E-state index in [-0.39, 0.29) is 11.4 Å². The maximum absolute atomic E-state index is 13.9. The lowest BCUT2D eigenvalue weighted by Gasteiger charge is -2.08. The number of nitrogens with zero attached hydrogens (tertiary/aromatic N) is 1. The molecule has 0 saturated heterocycles. The van der Waals surface area contributed by atoms with Gasteiger partial charge in [-0.3, -0.25) is 0 Å². The van der Waals surface area contributed by atoms with Crippen molar-refractivity contribution >= 4 is 5.97 Å². The number of carboxylic acids is 1. The molecule has 1 N–H and O–H groups in total. The van der Waals surface area contributed by atoms with Crippen molar-refractivity contribution in [2.45, 2.75) is 6.61 Å². The number of aromatic nitrogens is 1. The maximum atomic E-state index is 13.9. The van der Waals surface area contributed by atoms with E-state index in [1.54, 1.807) is 24.3 Å². The van der Waals surface area contributed by atoms with Gasteiger partial charge in [-0.2, -0.15) is 0 Å². The summed E-state index contributed by atoms with van der Waals surface area (Å²) >= 11 is 0.